The van der Waals surface area contributed by atoms with Crippen molar-refractivity contribution in [2.45, 2.75) is 32.5 Å². The van der Waals surface area contributed by atoms with E-state index in [1.807, 2.05) is 18.2 Å². The first kappa shape index (κ1) is 18.5. The first-order valence-electron chi connectivity index (χ1n) is 7.95. The van der Waals surface area contributed by atoms with E-state index in [-0.39, 0.29) is 12.6 Å². The van der Waals surface area contributed by atoms with Gasteiger partial charge in [-0.2, -0.15) is 0 Å². The van der Waals surface area contributed by atoms with Crippen molar-refractivity contribution in [1.82, 2.24) is 19.9 Å². The van der Waals surface area contributed by atoms with Gasteiger partial charge in [-0.05, 0) is 32.0 Å². The SMILES string of the molecule is CC(C)OC(=O)[C@H](Cn1ccnc1)NC(=O)c1nc2ccc(Br)cc2s1. The van der Waals surface area contributed by atoms with E-state index in [0.717, 1.165) is 14.7 Å². The quantitative estimate of drug-likeness (QED) is 0.600. The lowest BCUT2D eigenvalue weighted by atomic mass is 10.2. The smallest absolute Gasteiger partial charge is 0.330 e. The molecule has 0 aliphatic rings. The van der Waals surface area contributed by atoms with E-state index in [2.05, 4.69) is 31.2 Å². The van der Waals surface area contributed by atoms with Crippen molar-refractivity contribution in [2.75, 3.05) is 0 Å². The molecular formula is C17H17BrN4O3S. The molecule has 2 heterocycles. The van der Waals surface area contributed by atoms with Crippen LogP contribution in [-0.4, -0.2) is 38.6 Å². The van der Waals surface area contributed by atoms with Gasteiger partial charge in [-0.15, -0.1) is 11.3 Å². The lowest BCUT2D eigenvalue weighted by Crippen LogP contribution is -2.45. The minimum Gasteiger partial charge on any atom is -0.461 e. The van der Waals surface area contributed by atoms with E-state index in [9.17, 15) is 9.59 Å². The predicted octanol–water partition coefficient (Wildman–Crippen LogP) is 3.01. The molecule has 0 radical (unpaired) electrons. The van der Waals surface area contributed by atoms with Gasteiger partial charge in [0, 0.05) is 16.9 Å². The average Bonchev–Trinajstić information content (AvgIpc) is 3.22. The number of carbonyl (C=O) groups is 2. The summed E-state index contributed by atoms with van der Waals surface area (Å²) in [5, 5.41) is 3.02. The van der Waals surface area contributed by atoms with Gasteiger partial charge in [0.15, 0.2) is 5.01 Å². The van der Waals surface area contributed by atoms with Crippen LogP contribution in [0.4, 0.5) is 0 Å². The van der Waals surface area contributed by atoms with Gasteiger partial charge in [0.05, 0.1) is 29.2 Å². The molecule has 1 aromatic carbocycles. The molecule has 0 aliphatic carbocycles. The maximum absolute atomic E-state index is 12.6. The second-order valence-corrected chi connectivity index (χ2v) is 7.85. The number of rotatable bonds is 6. The Labute approximate surface area is 162 Å². The first-order chi connectivity index (χ1) is 12.4. The fourth-order valence-corrected chi connectivity index (χ4v) is 3.74. The number of fused-ring (bicyclic) bond motifs is 1. The Hall–Kier alpha value is -2.26. The molecule has 0 saturated heterocycles. The predicted molar refractivity (Wildman–Crippen MR) is 102 cm³/mol. The van der Waals surface area contributed by atoms with Crippen molar-refractivity contribution in [2.24, 2.45) is 0 Å². The number of ether oxygens (including phenoxy) is 1. The van der Waals surface area contributed by atoms with Gasteiger partial charge in [0.2, 0.25) is 0 Å². The number of nitrogens with zero attached hydrogens (tertiary/aromatic N) is 3. The van der Waals surface area contributed by atoms with Gasteiger partial charge in [0.25, 0.3) is 5.91 Å². The van der Waals surface area contributed by atoms with E-state index in [1.54, 1.807) is 37.1 Å². The standard InChI is InChI=1S/C17H17BrN4O3S/c1-10(2)25-17(24)13(8-22-6-5-19-9-22)20-15(23)16-21-12-4-3-11(18)7-14(12)26-16/h3-7,9-10,13H,8H2,1-2H3,(H,20,23)/t13-/m0/s1. The Morgan fingerprint density at radius 1 is 1.38 bits per heavy atom. The van der Waals surface area contributed by atoms with E-state index < -0.39 is 17.9 Å². The van der Waals surface area contributed by atoms with Gasteiger partial charge in [-0.3, -0.25) is 4.79 Å². The second-order valence-electron chi connectivity index (χ2n) is 5.90. The average molecular weight is 437 g/mol. The number of hydrogen-bond acceptors (Lipinski definition) is 6. The fraction of sp³-hybridized carbons (Fsp3) is 0.294. The zero-order chi connectivity index (χ0) is 18.7. The number of benzene rings is 1. The van der Waals surface area contributed by atoms with Crippen LogP contribution in [0.3, 0.4) is 0 Å². The molecule has 0 unspecified atom stereocenters. The first-order valence-corrected chi connectivity index (χ1v) is 9.56. The number of aromatic nitrogens is 3. The molecule has 1 atom stereocenters. The Bertz CT molecular complexity index is 923. The minimum absolute atomic E-state index is 0.230. The summed E-state index contributed by atoms with van der Waals surface area (Å²) >= 11 is 4.67. The highest BCUT2D eigenvalue weighted by atomic mass is 79.9. The summed E-state index contributed by atoms with van der Waals surface area (Å²) in [6, 6.07) is 4.77. The van der Waals surface area contributed by atoms with Crippen LogP contribution in [0.1, 0.15) is 23.6 Å². The van der Waals surface area contributed by atoms with Crippen molar-refractivity contribution in [3.05, 3.63) is 46.4 Å². The van der Waals surface area contributed by atoms with Crippen LogP contribution >= 0.6 is 27.3 Å². The molecule has 3 rings (SSSR count). The highest BCUT2D eigenvalue weighted by Gasteiger charge is 2.25. The lowest BCUT2D eigenvalue weighted by Gasteiger charge is -2.19. The van der Waals surface area contributed by atoms with Gasteiger partial charge >= 0.3 is 5.97 Å². The number of halogens is 1. The topological polar surface area (TPSA) is 86.1 Å². The maximum atomic E-state index is 12.6. The zero-order valence-corrected chi connectivity index (χ0v) is 16.6. The van der Waals surface area contributed by atoms with E-state index in [4.69, 9.17) is 4.74 Å². The Morgan fingerprint density at radius 3 is 2.88 bits per heavy atom. The fourth-order valence-electron chi connectivity index (χ4n) is 2.31. The number of amides is 1. The summed E-state index contributed by atoms with van der Waals surface area (Å²) in [5.74, 6) is -0.904. The third-order valence-corrected chi connectivity index (χ3v) is 4.95. The highest BCUT2D eigenvalue weighted by Crippen LogP contribution is 2.25. The molecule has 0 fully saturated rings. The number of imidazole rings is 1. The van der Waals surface area contributed by atoms with Crippen molar-refractivity contribution >= 4 is 49.4 Å². The molecule has 9 heteroatoms. The van der Waals surface area contributed by atoms with E-state index in [0.29, 0.717) is 5.01 Å². The lowest BCUT2D eigenvalue weighted by molar-refractivity contribution is -0.150. The minimum atomic E-state index is -0.835. The second kappa shape index (κ2) is 7.96. The van der Waals surface area contributed by atoms with Gasteiger partial charge in [-0.25, -0.2) is 14.8 Å². The van der Waals surface area contributed by atoms with Gasteiger partial charge in [0.1, 0.15) is 6.04 Å². The van der Waals surface area contributed by atoms with Crippen LogP contribution in [0.15, 0.2) is 41.4 Å². The molecule has 3 aromatic rings. The number of carbonyl (C=O) groups excluding carboxylic acids is 2. The normalized spacial score (nSPS) is 12.3. The van der Waals surface area contributed by atoms with E-state index >= 15 is 0 Å². The van der Waals surface area contributed by atoms with Crippen LogP contribution in [0, 0.1) is 0 Å². The molecular weight excluding hydrogens is 420 g/mol. The molecule has 2 aromatic heterocycles. The summed E-state index contributed by atoms with van der Waals surface area (Å²) in [6.07, 6.45) is 4.64. The molecule has 7 nitrogen and oxygen atoms in total. The third kappa shape index (κ3) is 4.47. The van der Waals surface area contributed by atoms with Gasteiger partial charge in [-0.1, -0.05) is 15.9 Å². The van der Waals surface area contributed by atoms with Crippen LogP contribution in [0.5, 0.6) is 0 Å². The molecule has 1 amide bonds. The molecule has 1 N–H and O–H groups in total. The van der Waals surface area contributed by atoms with Crippen molar-refractivity contribution < 1.29 is 14.3 Å². The van der Waals surface area contributed by atoms with Crippen molar-refractivity contribution in [1.29, 1.82) is 0 Å². The zero-order valence-electron chi connectivity index (χ0n) is 14.2. The van der Waals surface area contributed by atoms with Crippen molar-refractivity contribution in [3.8, 4) is 0 Å². The Morgan fingerprint density at radius 2 is 2.19 bits per heavy atom. The number of thiazole rings is 1. The largest absolute Gasteiger partial charge is 0.461 e. The summed E-state index contributed by atoms with van der Waals surface area (Å²) in [6.45, 7) is 3.76. The molecule has 0 saturated carbocycles. The van der Waals surface area contributed by atoms with Crippen molar-refractivity contribution in [3.63, 3.8) is 0 Å². The number of esters is 1. The summed E-state index contributed by atoms with van der Waals surface area (Å²) in [5.41, 5.74) is 0.735. The molecule has 26 heavy (non-hydrogen) atoms. The van der Waals surface area contributed by atoms with Gasteiger partial charge < -0.3 is 14.6 Å². The van der Waals surface area contributed by atoms with Crippen LogP contribution in [0.25, 0.3) is 10.2 Å². The van der Waals surface area contributed by atoms with Crippen LogP contribution < -0.4 is 5.32 Å². The molecule has 0 spiro atoms. The third-order valence-electron chi connectivity index (χ3n) is 3.44. The molecule has 136 valence electrons. The molecule has 0 aliphatic heterocycles. The summed E-state index contributed by atoms with van der Waals surface area (Å²) in [4.78, 5) is 33.3. The van der Waals surface area contributed by atoms with Crippen LogP contribution in [-0.2, 0) is 16.1 Å². The Kier molecular flexibility index (Phi) is 5.67. The van der Waals surface area contributed by atoms with E-state index in [1.165, 1.54) is 11.3 Å². The van der Waals surface area contributed by atoms with Crippen LogP contribution in [0.2, 0.25) is 0 Å². The number of nitrogens with one attached hydrogen (secondary N) is 1. The highest BCUT2D eigenvalue weighted by molar-refractivity contribution is 9.10. The maximum Gasteiger partial charge on any atom is 0.330 e. The monoisotopic (exact) mass is 436 g/mol. The number of hydrogen-bond donors (Lipinski definition) is 1. The summed E-state index contributed by atoms with van der Waals surface area (Å²) in [7, 11) is 0. The summed E-state index contributed by atoms with van der Waals surface area (Å²) < 4.78 is 8.78. The Balaban J connectivity index is 1.79. The molecule has 0 bridgehead atoms.